The van der Waals surface area contributed by atoms with Gasteiger partial charge < -0.3 is 0 Å². The SMILES string of the molecule is C#CC(C=C)=C(C)C. The molecule has 0 aliphatic carbocycles. The summed E-state index contributed by atoms with van der Waals surface area (Å²) in [5.41, 5.74) is 2.03. The van der Waals surface area contributed by atoms with Crippen molar-refractivity contribution in [3.63, 3.8) is 0 Å². The number of rotatable bonds is 1. The van der Waals surface area contributed by atoms with Crippen LogP contribution in [0.3, 0.4) is 0 Å². The highest BCUT2D eigenvalue weighted by atomic mass is 13.9. The topological polar surface area (TPSA) is 0 Å². The van der Waals surface area contributed by atoms with Crippen LogP contribution in [0.15, 0.2) is 23.8 Å². The van der Waals surface area contributed by atoms with Crippen LogP contribution >= 0.6 is 0 Å². The van der Waals surface area contributed by atoms with Gasteiger partial charge in [-0.2, -0.15) is 0 Å². The summed E-state index contributed by atoms with van der Waals surface area (Å²) in [6.07, 6.45) is 6.79. The quantitative estimate of drug-likeness (QED) is 0.355. The predicted molar refractivity (Wildman–Crippen MR) is 37.4 cm³/mol. The van der Waals surface area contributed by atoms with Crippen LogP contribution in [0.4, 0.5) is 0 Å². The van der Waals surface area contributed by atoms with Crippen molar-refractivity contribution >= 4 is 0 Å². The fourth-order valence-corrected chi connectivity index (χ4v) is 0.407. The molecule has 42 valence electrons. The van der Waals surface area contributed by atoms with E-state index in [0.717, 1.165) is 11.1 Å². The Bertz CT molecular complexity index is 149. The van der Waals surface area contributed by atoms with E-state index < -0.39 is 0 Å². The molecular formula is C8H10. The minimum atomic E-state index is 0.894. The molecule has 0 aromatic rings. The van der Waals surface area contributed by atoms with Crippen molar-refractivity contribution in [1.29, 1.82) is 0 Å². The van der Waals surface area contributed by atoms with Gasteiger partial charge >= 0.3 is 0 Å². The molecule has 0 heteroatoms. The zero-order valence-electron chi connectivity index (χ0n) is 5.36. The van der Waals surface area contributed by atoms with Gasteiger partial charge in [0, 0.05) is 5.57 Å². The fraction of sp³-hybridized carbons (Fsp3) is 0.250. The van der Waals surface area contributed by atoms with Crippen molar-refractivity contribution in [2.75, 3.05) is 0 Å². The van der Waals surface area contributed by atoms with E-state index in [9.17, 15) is 0 Å². The van der Waals surface area contributed by atoms with Crippen LogP contribution in [0.5, 0.6) is 0 Å². The predicted octanol–water partition coefficient (Wildman–Crippen LogP) is 2.14. The van der Waals surface area contributed by atoms with Crippen molar-refractivity contribution in [3.05, 3.63) is 23.8 Å². The Morgan fingerprint density at radius 1 is 1.62 bits per heavy atom. The van der Waals surface area contributed by atoms with E-state index in [0.29, 0.717) is 0 Å². The Morgan fingerprint density at radius 2 is 2.12 bits per heavy atom. The van der Waals surface area contributed by atoms with Gasteiger partial charge in [0.25, 0.3) is 0 Å². The molecule has 0 aliphatic rings. The Balaban J connectivity index is 4.38. The van der Waals surface area contributed by atoms with Crippen molar-refractivity contribution in [2.45, 2.75) is 13.8 Å². The second kappa shape index (κ2) is 3.10. The molecule has 0 radical (unpaired) electrons. The van der Waals surface area contributed by atoms with E-state index in [1.54, 1.807) is 6.08 Å². The summed E-state index contributed by atoms with van der Waals surface area (Å²) in [5.74, 6) is 2.51. The molecule has 0 N–H and O–H groups in total. The van der Waals surface area contributed by atoms with E-state index in [4.69, 9.17) is 6.42 Å². The zero-order valence-corrected chi connectivity index (χ0v) is 5.36. The summed E-state index contributed by atoms with van der Waals surface area (Å²) >= 11 is 0. The first-order valence-corrected chi connectivity index (χ1v) is 2.49. The van der Waals surface area contributed by atoms with Crippen LogP contribution in [0.2, 0.25) is 0 Å². The molecule has 0 bridgehead atoms. The number of hydrogen-bond acceptors (Lipinski definition) is 0. The van der Waals surface area contributed by atoms with Crippen LogP contribution < -0.4 is 0 Å². The second-order valence-electron chi connectivity index (χ2n) is 1.76. The third-order valence-corrected chi connectivity index (χ3v) is 0.898. The summed E-state index contributed by atoms with van der Waals surface area (Å²) < 4.78 is 0. The first kappa shape index (κ1) is 7.04. The van der Waals surface area contributed by atoms with Crippen molar-refractivity contribution in [3.8, 4) is 12.3 Å². The molecule has 0 aromatic heterocycles. The van der Waals surface area contributed by atoms with Crippen LogP contribution in [0.1, 0.15) is 13.8 Å². The van der Waals surface area contributed by atoms with Gasteiger partial charge in [-0.1, -0.05) is 24.1 Å². The maximum atomic E-state index is 5.11. The molecule has 0 atom stereocenters. The van der Waals surface area contributed by atoms with Crippen LogP contribution in [0, 0.1) is 12.3 Å². The smallest absolute Gasteiger partial charge is 0.0223 e. The van der Waals surface area contributed by atoms with E-state index in [1.165, 1.54) is 0 Å². The summed E-state index contributed by atoms with van der Waals surface area (Å²) in [6.45, 7) is 7.49. The van der Waals surface area contributed by atoms with Crippen molar-refractivity contribution in [1.82, 2.24) is 0 Å². The molecule has 0 saturated heterocycles. The molecule has 0 nitrogen and oxygen atoms in total. The first-order valence-electron chi connectivity index (χ1n) is 2.49. The normalized spacial score (nSPS) is 7.12. The van der Waals surface area contributed by atoms with Crippen LogP contribution in [-0.4, -0.2) is 0 Å². The molecule has 0 saturated carbocycles. The highest BCUT2D eigenvalue weighted by Crippen LogP contribution is 2.00. The van der Waals surface area contributed by atoms with Gasteiger partial charge in [-0.15, -0.1) is 6.42 Å². The molecule has 0 aliphatic heterocycles. The maximum absolute atomic E-state index is 5.11. The van der Waals surface area contributed by atoms with E-state index in [-0.39, 0.29) is 0 Å². The van der Waals surface area contributed by atoms with Crippen LogP contribution in [-0.2, 0) is 0 Å². The monoisotopic (exact) mass is 106 g/mol. The average molecular weight is 106 g/mol. The minimum absolute atomic E-state index is 0.894. The molecular weight excluding hydrogens is 96.1 g/mol. The summed E-state index contributed by atoms with van der Waals surface area (Å²) in [5, 5.41) is 0. The number of terminal acetylenes is 1. The molecule has 0 fully saturated rings. The van der Waals surface area contributed by atoms with Gasteiger partial charge in [-0.05, 0) is 13.8 Å². The summed E-state index contributed by atoms with van der Waals surface area (Å²) in [4.78, 5) is 0. The average Bonchev–Trinajstić information content (AvgIpc) is 1.69. The lowest BCUT2D eigenvalue weighted by Gasteiger charge is -1.89. The standard InChI is InChI=1S/C8H10/c1-5-8(6-2)7(3)4/h1,6H,2H2,3-4H3. The zero-order chi connectivity index (χ0) is 6.57. The fourth-order valence-electron chi connectivity index (χ4n) is 0.407. The highest BCUT2D eigenvalue weighted by molar-refractivity contribution is 5.37. The molecule has 0 spiro atoms. The third-order valence-electron chi connectivity index (χ3n) is 0.898. The molecule has 8 heavy (non-hydrogen) atoms. The molecule has 0 unspecified atom stereocenters. The summed E-state index contributed by atoms with van der Waals surface area (Å²) in [6, 6.07) is 0. The van der Waals surface area contributed by atoms with E-state index >= 15 is 0 Å². The van der Waals surface area contributed by atoms with Crippen molar-refractivity contribution < 1.29 is 0 Å². The number of allylic oxidation sites excluding steroid dienone is 3. The number of hydrogen-bond donors (Lipinski definition) is 0. The maximum Gasteiger partial charge on any atom is 0.0223 e. The van der Waals surface area contributed by atoms with Gasteiger partial charge in [0.05, 0.1) is 0 Å². The van der Waals surface area contributed by atoms with E-state index in [2.05, 4.69) is 12.5 Å². The third kappa shape index (κ3) is 1.66. The largest absolute Gasteiger partial charge is 0.115 e. The molecule has 0 rings (SSSR count). The molecule has 0 amide bonds. The highest BCUT2D eigenvalue weighted by Gasteiger charge is 1.83. The van der Waals surface area contributed by atoms with Gasteiger partial charge in [-0.25, -0.2) is 0 Å². The van der Waals surface area contributed by atoms with Gasteiger partial charge in [0.2, 0.25) is 0 Å². The Labute approximate surface area is 50.9 Å². The van der Waals surface area contributed by atoms with Gasteiger partial charge in [-0.3, -0.25) is 0 Å². The lowest BCUT2D eigenvalue weighted by molar-refractivity contribution is 1.36. The molecule has 0 aromatic carbocycles. The Hall–Kier alpha value is -0.960. The van der Waals surface area contributed by atoms with Gasteiger partial charge in [0.15, 0.2) is 0 Å². The lowest BCUT2D eigenvalue weighted by Crippen LogP contribution is -1.73. The van der Waals surface area contributed by atoms with Crippen LogP contribution in [0.25, 0.3) is 0 Å². The Kier molecular flexibility index (Phi) is 2.72. The second-order valence-corrected chi connectivity index (χ2v) is 1.76. The van der Waals surface area contributed by atoms with Gasteiger partial charge in [0.1, 0.15) is 0 Å². The van der Waals surface area contributed by atoms with Crippen molar-refractivity contribution in [2.24, 2.45) is 0 Å². The first-order chi connectivity index (χ1) is 3.72. The Morgan fingerprint density at radius 3 is 2.12 bits per heavy atom. The molecule has 0 heterocycles. The minimum Gasteiger partial charge on any atom is -0.115 e. The lowest BCUT2D eigenvalue weighted by atomic mass is 10.2. The summed E-state index contributed by atoms with van der Waals surface area (Å²) in [7, 11) is 0. The van der Waals surface area contributed by atoms with E-state index in [1.807, 2.05) is 13.8 Å².